The highest BCUT2D eigenvalue weighted by molar-refractivity contribution is 4.86. The van der Waals surface area contributed by atoms with Crippen molar-refractivity contribution in [3.63, 3.8) is 0 Å². The Hall–Kier alpha value is -0.0800. The van der Waals surface area contributed by atoms with Crippen LogP contribution < -0.4 is 0 Å². The van der Waals surface area contributed by atoms with E-state index in [1.807, 2.05) is 0 Å². The van der Waals surface area contributed by atoms with E-state index in [1.165, 1.54) is 51.5 Å². The summed E-state index contributed by atoms with van der Waals surface area (Å²) in [5.41, 5.74) is 0. The smallest absolute Gasteiger partial charge is 0.0471 e. The minimum Gasteiger partial charge on any atom is -0.396 e. The average Bonchev–Trinajstić information content (AvgIpc) is 2.80. The van der Waals surface area contributed by atoms with E-state index < -0.39 is 0 Å². The van der Waals surface area contributed by atoms with Crippen LogP contribution in [0.4, 0.5) is 0 Å². The van der Waals surface area contributed by atoms with Crippen molar-refractivity contribution >= 4 is 0 Å². The van der Waals surface area contributed by atoms with Gasteiger partial charge in [-0.2, -0.15) is 0 Å². The van der Waals surface area contributed by atoms with E-state index >= 15 is 0 Å². The molecule has 2 rings (SSSR count). The van der Waals surface area contributed by atoms with Gasteiger partial charge in [0.1, 0.15) is 0 Å². The molecule has 2 aliphatic rings. The molecule has 16 heavy (non-hydrogen) atoms. The normalized spacial score (nSPS) is 30.8. The Morgan fingerprint density at radius 3 is 2.50 bits per heavy atom. The molecule has 0 aromatic carbocycles. The molecule has 1 aliphatic heterocycles. The predicted molar refractivity (Wildman–Crippen MR) is 67.4 cm³/mol. The second-order valence-corrected chi connectivity index (χ2v) is 5.71. The van der Waals surface area contributed by atoms with Crippen molar-refractivity contribution in [1.82, 2.24) is 4.90 Å². The topological polar surface area (TPSA) is 23.5 Å². The first-order valence-corrected chi connectivity index (χ1v) is 7.20. The van der Waals surface area contributed by atoms with Gasteiger partial charge in [-0.15, -0.1) is 0 Å². The second-order valence-electron chi connectivity index (χ2n) is 5.71. The van der Waals surface area contributed by atoms with E-state index in [1.54, 1.807) is 0 Å². The average molecular weight is 225 g/mol. The maximum Gasteiger partial charge on any atom is 0.0471 e. The van der Waals surface area contributed by atoms with Crippen LogP contribution in [0.15, 0.2) is 0 Å². The summed E-state index contributed by atoms with van der Waals surface area (Å²) < 4.78 is 0. The van der Waals surface area contributed by atoms with E-state index in [0.717, 1.165) is 18.5 Å². The molecule has 1 saturated carbocycles. The summed E-state index contributed by atoms with van der Waals surface area (Å²) >= 11 is 0. The Labute approximate surface area is 100 Å². The van der Waals surface area contributed by atoms with Crippen molar-refractivity contribution < 1.29 is 5.11 Å². The molecular weight excluding hydrogens is 198 g/mol. The Kier molecular flexibility index (Phi) is 4.66. The van der Waals surface area contributed by atoms with Crippen LogP contribution in [-0.2, 0) is 0 Å². The molecule has 0 spiro atoms. The van der Waals surface area contributed by atoms with Gasteiger partial charge in [-0.1, -0.05) is 26.2 Å². The third kappa shape index (κ3) is 2.78. The van der Waals surface area contributed by atoms with Crippen molar-refractivity contribution in [2.24, 2.45) is 11.8 Å². The zero-order valence-corrected chi connectivity index (χ0v) is 10.7. The molecule has 2 atom stereocenters. The highest BCUT2D eigenvalue weighted by Gasteiger charge is 2.32. The fraction of sp³-hybridized carbons (Fsp3) is 1.00. The monoisotopic (exact) mass is 225 g/mol. The molecule has 2 unspecified atom stereocenters. The number of aliphatic hydroxyl groups is 1. The zero-order chi connectivity index (χ0) is 11.4. The number of likely N-dealkylation sites (tertiary alicyclic amines) is 1. The molecule has 0 bridgehead atoms. The fourth-order valence-electron chi connectivity index (χ4n) is 3.72. The number of hydrogen-bond donors (Lipinski definition) is 1. The van der Waals surface area contributed by atoms with Crippen LogP contribution in [0, 0.1) is 11.8 Å². The van der Waals surface area contributed by atoms with Gasteiger partial charge in [-0.3, -0.25) is 4.90 Å². The first kappa shape index (κ1) is 12.4. The van der Waals surface area contributed by atoms with Crippen molar-refractivity contribution in [1.29, 1.82) is 0 Å². The summed E-state index contributed by atoms with van der Waals surface area (Å²) in [4.78, 5) is 2.66. The van der Waals surface area contributed by atoms with Gasteiger partial charge >= 0.3 is 0 Å². The van der Waals surface area contributed by atoms with Gasteiger partial charge in [0.25, 0.3) is 0 Å². The summed E-state index contributed by atoms with van der Waals surface area (Å²) in [5, 5.41) is 9.22. The van der Waals surface area contributed by atoms with Gasteiger partial charge < -0.3 is 5.11 Å². The van der Waals surface area contributed by atoms with Crippen LogP contribution in [0.1, 0.15) is 51.9 Å². The molecular formula is C14H27NO. The number of rotatable bonds is 4. The number of hydrogen-bond acceptors (Lipinski definition) is 2. The minimum atomic E-state index is 0.387. The van der Waals surface area contributed by atoms with E-state index in [4.69, 9.17) is 0 Å². The maximum absolute atomic E-state index is 9.22. The van der Waals surface area contributed by atoms with Crippen LogP contribution in [0.5, 0.6) is 0 Å². The van der Waals surface area contributed by atoms with Crippen molar-refractivity contribution in [2.75, 3.05) is 19.7 Å². The lowest BCUT2D eigenvalue weighted by molar-refractivity contribution is 0.127. The Bertz CT molecular complexity index is 201. The first-order chi connectivity index (χ1) is 7.85. The standard InChI is InChI=1S/C14H27NO/c1-2-14(13-6-4-3-5-7-13)15-9-8-12(10-15)11-16/h12-14,16H,2-11H2,1H3. The van der Waals surface area contributed by atoms with Crippen molar-refractivity contribution in [3.05, 3.63) is 0 Å². The molecule has 94 valence electrons. The summed E-state index contributed by atoms with van der Waals surface area (Å²) in [6.07, 6.45) is 9.73. The van der Waals surface area contributed by atoms with E-state index in [9.17, 15) is 5.11 Å². The quantitative estimate of drug-likeness (QED) is 0.795. The predicted octanol–water partition coefficient (Wildman–Crippen LogP) is 2.66. The maximum atomic E-state index is 9.22. The van der Waals surface area contributed by atoms with Crippen LogP contribution in [0.25, 0.3) is 0 Å². The molecule has 2 heteroatoms. The van der Waals surface area contributed by atoms with Crippen LogP contribution in [-0.4, -0.2) is 35.7 Å². The summed E-state index contributed by atoms with van der Waals surface area (Å²) in [6.45, 7) is 5.09. The molecule has 1 saturated heterocycles. The number of aliphatic hydroxyl groups excluding tert-OH is 1. The van der Waals surface area contributed by atoms with Crippen LogP contribution in [0.3, 0.4) is 0 Å². The highest BCUT2D eigenvalue weighted by Crippen LogP contribution is 2.32. The van der Waals surface area contributed by atoms with E-state index in [0.29, 0.717) is 12.5 Å². The lowest BCUT2D eigenvalue weighted by Gasteiger charge is -2.36. The van der Waals surface area contributed by atoms with Gasteiger partial charge in [-0.05, 0) is 44.1 Å². The van der Waals surface area contributed by atoms with Crippen molar-refractivity contribution in [3.8, 4) is 0 Å². The third-order valence-corrected chi connectivity index (χ3v) is 4.66. The third-order valence-electron chi connectivity index (χ3n) is 4.66. The van der Waals surface area contributed by atoms with Gasteiger partial charge in [0.2, 0.25) is 0 Å². The summed E-state index contributed by atoms with van der Waals surface area (Å²) in [7, 11) is 0. The van der Waals surface area contributed by atoms with Gasteiger partial charge in [0.05, 0.1) is 0 Å². The molecule has 0 aromatic rings. The fourth-order valence-corrected chi connectivity index (χ4v) is 3.72. The first-order valence-electron chi connectivity index (χ1n) is 7.20. The lowest BCUT2D eigenvalue weighted by atomic mass is 9.82. The number of nitrogens with zero attached hydrogens (tertiary/aromatic N) is 1. The molecule has 1 heterocycles. The Morgan fingerprint density at radius 2 is 1.94 bits per heavy atom. The van der Waals surface area contributed by atoms with Gasteiger partial charge in [-0.25, -0.2) is 0 Å². The molecule has 2 fully saturated rings. The van der Waals surface area contributed by atoms with E-state index in [-0.39, 0.29) is 0 Å². The van der Waals surface area contributed by atoms with E-state index in [2.05, 4.69) is 11.8 Å². The van der Waals surface area contributed by atoms with Gasteiger partial charge in [0, 0.05) is 19.2 Å². The minimum absolute atomic E-state index is 0.387. The van der Waals surface area contributed by atoms with Crippen LogP contribution >= 0.6 is 0 Å². The SMILES string of the molecule is CCC(C1CCCCC1)N1CCC(CO)C1. The molecule has 0 radical (unpaired) electrons. The Balaban J connectivity index is 1.88. The molecule has 0 amide bonds. The largest absolute Gasteiger partial charge is 0.396 e. The summed E-state index contributed by atoms with van der Waals surface area (Å²) in [6, 6.07) is 0.803. The molecule has 1 N–H and O–H groups in total. The van der Waals surface area contributed by atoms with Crippen molar-refractivity contribution in [2.45, 2.75) is 57.9 Å². The molecule has 2 nitrogen and oxygen atoms in total. The summed E-state index contributed by atoms with van der Waals surface area (Å²) in [5.74, 6) is 1.49. The zero-order valence-electron chi connectivity index (χ0n) is 10.7. The molecule has 1 aliphatic carbocycles. The Morgan fingerprint density at radius 1 is 1.19 bits per heavy atom. The molecule has 0 aromatic heterocycles. The van der Waals surface area contributed by atoms with Crippen LogP contribution in [0.2, 0.25) is 0 Å². The lowest BCUT2D eigenvalue weighted by Crippen LogP contribution is -2.39. The second kappa shape index (κ2) is 6.02. The highest BCUT2D eigenvalue weighted by atomic mass is 16.3. The van der Waals surface area contributed by atoms with Gasteiger partial charge in [0.15, 0.2) is 0 Å².